The van der Waals surface area contributed by atoms with E-state index in [9.17, 15) is 0 Å². The van der Waals surface area contributed by atoms with Crippen LogP contribution >= 0.6 is 0 Å². The van der Waals surface area contributed by atoms with Gasteiger partial charge in [-0.05, 0) is 27.7 Å². The van der Waals surface area contributed by atoms with Gasteiger partial charge in [-0.2, -0.15) is 0 Å². The zero-order chi connectivity index (χ0) is 10.6. The maximum atomic E-state index is 3.97. The van der Waals surface area contributed by atoms with Gasteiger partial charge in [-0.3, -0.25) is 4.90 Å². The van der Waals surface area contributed by atoms with Gasteiger partial charge in [-0.15, -0.1) is 10.2 Å². The molecule has 1 rings (SSSR count). The lowest BCUT2D eigenvalue weighted by molar-refractivity contribution is 0.176. The molecule has 1 aromatic rings. The van der Waals surface area contributed by atoms with Crippen molar-refractivity contribution in [3.8, 4) is 0 Å². The summed E-state index contributed by atoms with van der Waals surface area (Å²) in [6.07, 6.45) is 2.57. The highest BCUT2D eigenvalue weighted by Crippen LogP contribution is 2.05. The molecule has 80 valence electrons. The first kappa shape index (κ1) is 11.2. The third-order valence-corrected chi connectivity index (χ3v) is 2.40. The Hall–Kier alpha value is -0.900. The Morgan fingerprint density at radius 2 is 1.93 bits per heavy atom. The Morgan fingerprint density at radius 3 is 2.36 bits per heavy atom. The predicted molar refractivity (Wildman–Crippen MR) is 57.1 cm³/mol. The van der Waals surface area contributed by atoms with Crippen molar-refractivity contribution in [1.29, 1.82) is 0 Å². The van der Waals surface area contributed by atoms with Gasteiger partial charge in [0.1, 0.15) is 12.2 Å². The lowest BCUT2D eigenvalue weighted by Gasteiger charge is -2.30. The van der Waals surface area contributed by atoms with E-state index in [1.54, 1.807) is 6.33 Å². The van der Waals surface area contributed by atoms with Crippen LogP contribution in [0.25, 0.3) is 0 Å². The predicted octanol–water partition coefficient (Wildman–Crippen LogP) is 1.47. The van der Waals surface area contributed by atoms with E-state index >= 15 is 0 Å². The number of aromatic nitrogens is 3. The molecule has 0 bridgehead atoms. The molecule has 0 saturated heterocycles. The molecule has 1 aromatic heterocycles. The Kier molecular flexibility index (Phi) is 4.07. The maximum absolute atomic E-state index is 3.97. The minimum Gasteiger partial charge on any atom is -0.332 e. The van der Waals surface area contributed by atoms with Crippen molar-refractivity contribution < 1.29 is 0 Å². The third kappa shape index (κ3) is 3.10. The Morgan fingerprint density at radius 1 is 1.29 bits per heavy atom. The number of hydrogen-bond acceptors (Lipinski definition) is 3. The first-order chi connectivity index (χ1) is 6.61. The second kappa shape index (κ2) is 5.10. The van der Waals surface area contributed by atoms with Gasteiger partial charge in [-0.25, -0.2) is 0 Å². The van der Waals surface area contributed by atoms with Gasteiger partial charge >= 0.3 is 0 Å². The zero-order valence-electron chi connectivity index (χ0n) is 9.49. The second-order valence-electron chi connectivity index (χ2n) is 4.11. The molecule has 0 aliphatic heterocycles. The molecule has 14 heavy (non-hydrogen) atoms. The minimum atomic E-state index is 0.581. The fourth-order valence-electron chi connectivity index (χ4n) is 1.70. The van der Waals surface area contributed by atoms with Crippen LogP contribution in [0.2, 0.25) is 0 Å². The van der Waals surface area contributed by atoms with Crippen LogP contribution in [-0.2, 0) is 6.42 Å². The molecular formula is C10H20N4. The van der Waals surface area contributed by atoms with Crippen LogP contribution in [0.5, 0.6) is 0 Å². The molecule has 1 N–H and O–H groups in total. The molecule has 0 spiro atoms. The van der Waals surface area contributed by atoms with Crippen molar-refractivity contribution in [3.05, 3.63) is 12.2 Å². The van der Waals surface area contributed by atoms with E-state index < -0.39 is 0 Å². The molecule has 0 aromatic carbocycles. The average Bonchev–Trinajstić information content (AvgIpc) is 2.55. The van der Waals surface area contributed by atoms with Crippen LogP contribution < -0.4 is 0 Å². The summed E-state index contributed by atoms with van der Waals surface area (Å²) in [4.78, 5) is 5.47. The summed E-state index contributed by atoms with van der Waals surface area (Å²) in [7, 11) is 0. The highest BCUT2D eigenvalue weighted by atomic mass is 15.2. The number of H-pyrrole nitrogens is 1. The van der Waals surface area contributed by atoms with E-state index in [1.165, 1.54) is 0 Å². The molecular weight excluding hydrogens is 176 g/mol. The van der Waals surface area contributed by atoms with E-state index in [0.29, 0.717) is 12.1 Å². The quantitative estimate of drug-likeness (QED) is 0.775. The SMILES string of the molecule is CC(C)N(CCc1nnc[nH]1)C(C)C. The van der Waals surface area contributed by atoms with Gasteiger partial charge < -0.3 is 4.98 Å². The Labute approximate surface area is 85.7 Å². The van der Waals surface area contributed by atoms with Crippen LogP contribution in [0.1, 0.15) is 33.5 Å². The molecule has 1 heterocycles. The molecule has 0 fully saturated rings. The molecule has 0 saturated carbocycles. The smallest absolute Gasteiger partial charge is 0.131 e. The van der Waals surface area contributed by atoms with Crippen LogP contribution in [0.3, 0.4) is 0 Å². The van der Waals surface area contributed by atoms with E-state index in [1.807, 2.05) is 0 Å². The molecule has 4 nitrogen and oxygen atoms in total. The average molecular weight is 196 g/mol. The maximum Gasteiger partial charge on any atom is 0.131 e. The molecule has 0 aliphatic rings. The summed E-state index contributed by atoms with van der Waals surface area (Å²) in [5, 5.41) is 7.74. The molecule has 0 atom stereocenters. The standard InChI is InChI=1S/C10H20N4/c1-8(2)14(9(3)4)6-5-10-11-7-12-13-10/h7-9H,5-6H2,1-4H3,(H,11,12,13). The molecule has 0 radical (unpaired) electrons. The lowest BCUT2D eigenvalue weighted by atomic mass is 10.2. The summed E-state index contributed by atoms with van der Waals surface area (Å²) in [5.41, 5.74) is 0. The molecule has 0 aliphatic carbocycles. The van der Waals surface area contributed by atoms with Crippen LogP contribution in [0.15, 0.2) is 6.33 Å². The summed E-state index contributed by atoms with van der Waals surface area (Å²) in [6.45, 7) is 9.92. The fraction of sp³-hybridized carbons (Fsp3) is 0.800. The van der Waals surface area contributed by atoms with Crippen molar-refractivity contribution in [2.24, 2.45) is 0 Å². The second-order valence-corrected chi connectivity index (χ2v) is 4.11. The van der Waals surface area contributed by atoms with Crippen molar-refractivity contribution in [2.45, 2.75) is 46.2 Å². The topological polar surface area (TPSA) is 44.8 Å². The number of nitrogens with zero attached hydrogens (tertiary/aromatic N) is 3. The first-order valence-corrected chi connectivity index (χ1v) is 5.22. The Bertz CT molecular complexity index is 233. The number of aromatic amines is 1. The fourth-order valence-corrected chi connectivity index (χ4v) is 1.70. The molecule has 0 amide bonds. The van der Waals surface area contributed by atoms with Gasteiger partial charge in [0.2, 0.25) is 0 Å². The van der Waals surface area contributed by atoms with Crippen LogP contribution in [-0.4, -0.2) is 38.7 Å². The largest absolute Gasteiger partial charge is 0.332 e. The summed E-state index contributed by atoms with van der Waals surface area (Å²) >= 11 is 0. The number of rotatable bonds is 5. The molecule has 0 unspecified atom stereocenters. The number of hydrogen-bond donors (Lipinski definition) is 1. The third-order valence-electron chi connectivity index (χ3n) is 2.40. The van der Waals surface area contributed by atoms with Gasteiger partial charge in [-0.1, -0.05) is 0 Å². The minimum absolute atomic E-state index is 0.581. The van der Waals surface area contributed by atoms with Gasteiger partial charge in [0.25, 0.3) is 0 Å². The summed E-state index contributed by atoms with van der Waals surface area (Å²) < 4.78 is 0. The van der Waals surface area contributed by atoms with E-state index in [-0.39, 0.29) is 0 Å². The van der Waals surface area contributed by atoms with E-state index in [2.05, 4.69) is 47.8 Å². The lowest BCUT2D eigenvalue weighted by Crippen LogP contribution is -2.38. The summed E-state index contributed by atoms with van der Waals surface area (Å²) in [6, 6.07) is 1.16. The highest BCUT2D eigenvalue weighted by Gasteiger charge is 2.13. The number of nitrogens with one attached hydrogen (secondary N) is 1. The zero-order valence-corrected chi connectivity index (χ0v) is 9.49. The van der Waals surface area contributed by atoms with Crippen molar-refractivity contribution >= 4 is 0 Å². The van der Waals surface area contributed by atoms with Gasteiger partial charge in [0, 0.05) is 25.0 Å². The molecule has 4 heteroatoms. The van der Waals surface area contributed by atoms with Crippen molar-refractivity contribution in [3.63, 3.8) is 0 Å². The summed E-state index contributed by atoms with van der Waals surface area (Å²) in [5.74, 6) is 0.969. The highest BCUT2D eigenvalue weighted by molar-refractivity contribution is 4.82. The van der Waals surface area contributed by atoms with Crippen LogP contribution in [0.4, 0.5) is 0 Å². The van der Waals surface area contributed by atoms with Gasteiger partial charge in [0.15, 0.2) is 0 Å². The normalized spacial score (nSPS) is 11.9. The monoisotopic (exact) mass is 196 g/mol. The Balaban J connectivity index is 2.41. The van der Waals surface area contributed by atoms with E-state index in [4.69, 9.17) is 0 Å². The van der Waals surface area contributed by atoms with Crippen LogP contribution in [0, 0.1) is 0 Å². The first-order valence-electron chi connectivity index (χ1n) is 5.22. The van der Waals surface area contributed by atoms with Gasteiger partial charge in [0.05, 0.1) is 0 Å². The van der Waals surface area contributed by atoms with E-state index in [0.717, 1.165) is 18.8 Å². The van der Waals surface area contributed by atoms with Crippen molar-refractivity contribution in [2.75, 3.05) is 6.54 Å². The van der Waals surface area contributed by atoms with Crippen molar-refractivity contribution in [1.82, 2.24) is 20.1 Å².